The van der Waals surface area contributed by atoms with Crippen LogP contribution in [0.1, 0.15) is 34.2 Å². The molecule has 5 heteroatoms. The van der Waals surface area contributed by atoms with Crippen molar-refractivity contribution in [2.75, 3.05) is 6.54 Å². The maximum absolute atomic E-state index is 13.3. The number of amides is 1. The second kappa shape index (κ2) is 6.18. The van der Waals surface area contributed by atoms with E-state index in [9.17, 15) is 4.79 Å². The number of carbonyl (C=O) groups excluding carboxylic acids is 1. The Labute approximate surface area is 155 Å². The minimum Gasteiger partial charge on any atom is -0.329 e. The predicted octanol–water partition coefficient (Wildman–Crippen LogP) is 4.82. The van der Waals surface area contributed by atoms with Gasteiger partial charge in [-0.25, -0.2) is 4.98 Å². The number of fused-ring (bicyclic) bond motifs is 2. The van der Waals surface area contributed by atoms with Crippen LogP contribution in [0.5, 0.6) is 0 Å². The standard InChI is InChI=1S/C21H17N3OS/c25-21(15-11-12-22-16-7-2-1-6-14(15)16)24-13-5-9-18(24)20-23-17-8-3-4-10-19(17)26-20/h1-4,6-8,10-12,18H,5,9,13H2. The molecule has 1 amide bonds. The minimum absolute atomic E-state index is 0.0619. The van der Waals surface area contributed by atoms with E-state index in [4.69, 9.17) is 4.98 Å². The summed E-state index contributed by atoms with van der Waals surface area (Å²) in [5.41, 5.74) is 2.60. The molecule has 1 aliphatic heterocycles. The van der Waals surface area contributed by atoms with Gasteiger partial charge in [-0.3, -0.25) is 9.78 Å². The lowest BCUT2D eigenvalue weighted by Crippen LogP contribution is -2.30. The molecule has 4 nitrogen and oxygen atoms in total. The summed E-state index contributed by atoms with van der Waals surface area (Å²) in [4.78, 5) is 24.5. The molecule has 1 fully saturated rings. The molecule has 0 bridgehead atoms. The van der Waals surface area contributed by atoms with Crippen molar-refractivity contribution in [1.29, 1.82) is 0 Å². The van der Waals surface area contributed by atoms with Crippen LogP contribution in [-0.4, -0.2) is 27.3 Å². The summed E-state index contributed by atoms with van der Waals surface area (Å²) in [5, 5.41) is 1.95. The van der Waals surface area contributed by atoms with Crippen LogP contribution in [0.3, 0.4) is 0 Å². The van der Waals surface area contributed by atoms with Crippen molar-refractivity contribution >= 4 is 38.4 Å². The quantitative estimate of drug-likeness (QED) is 0.515. The van der Waals surface area contributed by atoms with Crippen molar-refractivity contribution in [2.45, 2.75) is 18.9 Å². The zero-order valence-corrected chi connectivity index (χ0v) is 14.9. The van der Waals surface area contributed by atoms with E-state index in [1.807, 2.05) is 53.4 Å². The molecule has 5 rings (SSSR count). The first kappa shape index (κ1) is 15.5. The number of aromatic nitrogens is 2. The molecule has 26 heavy (non-hydrogen) atoms. The molecule has 1 atom stereocenters. The lowest BCUT2D eigenvalue weighted by molar-refractivity contribution is 0.0737. The van der Waals surface area contributed by atoms with Crippen molar-refractivity contribution in [1.82, 2.24) is 14.9 Å². The Balaban J connectivity index is 1.54. The van der Waals surface area contributed by atoms with Crippen molar-refractivity contribution in [3.05, 3.63) is 71.4 Å². The van der Waals surface area contributed by atoms with E-state index in [2.05, 4.69) is 11.1 Å². The van der Waals surface area contributed by atoms with E-state index in [0.717, 1.165) is 46.4 Å². The van der Waals surface area contributed by atoms with Gasteiger partial charge in [0, 0.05) is 18.1 Å². The summed E-state index contributed by atoms with van der Waals surface area (Å²) in [6.07, 6.45) is 3.70. The first-order chi connectivity index (χ1) is 12.8. The number of carbonyl (C=O) groups is 1. The molecular formula is C21H17N3OS. The van der Waals surface area contributed by atoms with Crippen LogP contribution >= 0.6 is 11.3 Å². The summed E-state index contributed by atoms with van der Waals surface area (Å²) in [6.45, 7) is 0.774. The first-order valence-electron chi connectivity index (χ1n) is 8.81. The number of hydrogen-bond donors (Lipinski definition) is 0. The molecule has 3 heterocycles. The smallest absolute Gasteiger partial charge is 0.255 e. The maximum atomic E-state index is 13.3. The summed E-state index contributed by atoms with van der Waals surface area (Å²) in [6, 6.07) is 17.9. The summed E-state index contributed by atoms with van der Waals surface area (Å²) in [7, 11) is 0. The van der Waals surface area contributed by atoms with Gasteiger partial charge in [0.05, 0.1) is 27.3 Å². The van der Waals surface area contributed by atoms with Gasteiger partial charge in [0.2, 0.25) is 0 Å². The monoisotopic (exact) mass is 359 g/mol. The summed E-state index contributed by atoms with van der Waals surface area (Å²) in [5.74, 6) is 0.0744. The molecule has 2 aromatic heterocycles. The molecule has 4 aromatic rings. The molecule has 1 aliphatic rings. The molecule has 0 aliphatic carbocycles. The number of thiazole rings is 1. The van der Waals surface area contributed by atoms with Crippen LogP contribution in [0, 0.1) is 0 Å². The second-order valence-electron chi connectivity index (χ2n) is 6.55. The molecule has 0 radical (unpaired) electrons. The Hall–Kier alpha value is -2.79. The van der Waals surface area contributed by atoms with Crippen molar-refractivity contribution < 1.29 is 4.79 Å². The van der Waals surface area contributed by atoms with Crippen molar-refractivity contribution in [3.8, 4) is 0 Å². The van der Waals surface area contributed by atoms with Crippen molar-refractivity contribution in [2.24, 2.45) is 0 Å². The number of benzene rings is 2. The van der Waals surface area contributed by atoms with Crippen LogP contribution in [0.2, 0.25) is 0 Å². The van der Waals surface area contributed by atoms with Gasteiger partial charge in [0.15, 0.2) is 0 Å². The van der Waals surface area contributed by atoms with Gasteiger partial charge in [-0.05, 0) is 37.1 Å². The highest BCUT2D eigenvalue weighted by atomic mass is 32.1. The van der Waals surface area contributed by atoms with Gasteiger partial charge < -0.3 is 4.90 Å². The number of para-hydroxylation sites is 2. The van der Waals surface area contributed by atoms with Crippen LogP contribution < -0.4 is 0 Å². The van der Waals surface area contributed by atoms with E-state index in [1.54, 1.807) is 17.5 Å². The van der Waals surface area contributed by atoms with Crippen molar-refractivity contribution in [3.63, 3.8) is 0 Å². The third-order valence-corrected chi connectivity index (χ3v) is 6.13. The Morgan fingerprint density at radius 1 is 1.04 bits per heavy atom. The fourth-order valence-corrected chi connectivity index (χ4v) is 4.85. The van der Waals surface area contributed by atoms with E-state index < -0.39 is 0 Å². The number of rotatable bonds is 2. The zero-order chi connectivity index (χ0) is 17.5. The molecule has 128 valence electrons. The van der Waals surface area contributed by atoms with Gasteiger partial charge in [-0.2, -0.15) is 0 Å². The SMILES string of the molecule is O=C(c1ccnc2ccccc12)N1CCCC1c1nc2ccccc2s1. The van der Waals surface area contributed by atoms with Gasteiger partial charge in [0.1, 0.15) is 5.01 Å². The van der Waals surface area contributed by atoms with E-state index in [-0.39, 0.29) is 11.9 Å². The second-order valence-corrected chi connectivity index (χ2v) is 7.61. The third kappa shape index (κ3) is 2.47. The average Bonchev–Trinajstić information content (AvgIpc) is 3.33. The lowest BCUT2D eigenvalue weighted by atomic mass is 10.1. The van der Waals surface area contributed by atoms with E-state index in [0.29, 0.717) is 0 Å². The Kier molecular flexibility index (Phi) is 3.68. The van der Waals surface area contributed by atoms with Gasteiger partial charge in [0.25, 0.3) is 5.91 Å². The van der Waals surface area contributed by atoms with Gasteiger partial charge >= 0.3 is 0 Å². The third-order valence-electron chi connectivity index (χ3n) is 4.99. The zero-order valence-electron chi connectivity index (χ0n) is 14.1. The predicted molar refractivity (Wildman–Crippen MR) is 104 cm³/mol. The molecule has 1 unspecified atom stereocenters. The van der Waals surface area contributed by atoms with Gasteiger partial charge in [-0.15, -0.1) is 11.3 Å². The van der Waals surface area contributed by atoms with Gasteiger partial charge in [-0.1, -0.05) is 30.3 Å². The van der Waals surface area contributed by atoms with Crippen LogP contribution in [-0.2, 0) is 0 Å². The molecule has 0 spiro atoms. The first-order valence-corrected chi connectivity index (χ1v) is 9.63. The number of nitrogens with zero attached hydrogens (tertiary/aromatic N) is 3. The van der Waals surface area contributed by atoms with E-state index >= 15 is 0 Å². The summed E-state index contributed by atoms with van der Waals surface area (Å²) >= 11 is 1.70. The van der Waals surface area contributed by atoms with E-state index in [1.165, 1.54) is 4.70 Å². The highest BCUT2D eigenvalue weighted by Crippen LogP contribution is 2.37. The molecule has 0 saturated carbocycles. The summed E-state index contributed by atoms with van der Waals surface area (Å²) < 4.78 is 1.18. The molecule has 0 N–H and O–H groups in total. The largest absolute Gasteiger partial charge is 0.329 e. The topological polar surface area (TPSA) is 46.1 Å². The molecular weight excluding hydrogens is 342 g/mol. The average molecular weight is 359 g/mol. The molecule has 1 saturated heterocycles. The Bertz CT molecular complexity index is 1080. The minimum atomic E-state index is 0.0619. The highest BCUT2D eigenvalue weighted by molar-refractivity contribution is 7.18. The van der Waals surface area contributed by atoms with Crippen LogP contribution in [0.25, 0.3) is 21.1 Å². The van der Waals surface area contributed by atoms with Crippen LogP contribution in [0.4, 0.5) is 0 Å². The normalized spacial score (nSPS) is 17.2. The Morgan fingerprint density at radius 3 is 2.73 bits per heavy atom. The number of likely N-dealkylation sites (tertiary alicyclic amines) is 1. The van der Waals surface area contributed by atoms with Crippen LogP contribution in [0.15, 0.2) is 60.8 Å². The highest BCUT2D eigenvalue weighted by Gasteiger charge is 2.33. The number of hydrogen-bond acceptors (Lipinski definition) is 4. The lowest BCUT2D eigenvalue weighted by Gasteiger charge is -2.23. The fourth-order valence-electron chi connectivity index (χ4n) is 3.74. The fraction of sp³-hybridized carbons (Fsp3) is 0.190. The molecule has 2 aromatic carbocycles. The maximum Gasteiger partial charge on any atom is 0.255 e. The Morgan fingerprint density at radius 2 is 1.85 bits per heavy atom. The number of pyridine rings is 1.